The first-order chi connectivity index (χ1) is 8.33. The monoisotopic (exact) mass is 225 g/mol. The van der Waals surface area contributed by atoms with E-state index in [4.69, 9.17) is 5.73 Å². The molecule has 1 saturated carbocycles. The zero-order valence-electron chi connectivity index (χ0n) is 9.63. The van der Waals surface area contributed by atoms with Crippen LogP contribution in [-0.2, 0) is 0 Å². The highest BCUT2D eigenvalue weighted by Crippen LogP contribution is 2.35. The molecule has 3 nitrogen and oxygen atoms in total. The third kappa shape index (κ3) is 2.00. The summed E-state index contributed by atoms with van der Waals surface area (Å²) in [6.45, 7) is 0. The van der Waals surface area contributed by atoms with Crippen LogP contribution in [0.3, 0.4) is 0 Å². The number of anilines is 1. The zero-order chi connectivity index (χ0) is 11.7. The van der Waals surface area contributed by atoms with E-state index in [1.165, 1.54) is 24.8 Å². The molecular formula is C14H15N3. The van der Waals surface area contributed by atoms with E-state index in [-0.39, 0.29) is 0 Å². The molecule has 3 rings (SSSR count). The Balaban J connectivity index is 1.86. The summed E-state index contributed by atoms with van der Waals surface area (Å²) in [5, 5.41) is 0. The fourth-order valence-corrected chi connectivity index (χ4v) is 2.07. The summed E-state index contributed by atoms with van der Waals surface area (Å²) in [5.41, 5.74) is 8.70. The van der Waals surface area contributed by atoms with Crippen LogP contribution in [0.25, 0.3) is 11.4 Å². The number of hydrogen-bond acceptors (Lipinski definition) is 3. The maximum atomic E-state index is 5.65. The fraction of sp³-hybridized carbons (Fsp3) is 0.286. The van der Waals surface area contributed by atoms with E-state index < -0.39 is 0 Å². The van der Waals surface area contributed by atoms with Crippen molar-refractivity contribution in [3.05, 3.63) is 42.2 Å². The van der Waals surface area contributed by atoms with Crippen molar-refractivity contribution in [1.82, 2.24) is 9.97 Å². The molecule has 1 aliphatic rings. The molecule has 1 heterocycles. The first kappa shape index (κ1) is 10.3. The van der Waals surface area contributed by atoms with Crippen molar-refractivity contribution < 1.29 is 0 Å². The van der Waals surface area contributed by atoms with Gasteiger partial charge in [-0.05, 0) is 48.6 Å². The molecule has 1 fully saturated rings. The minimum Gasteiger partial charge on any atom is -0.399 e. The zero-order valence-corrected chi connectivity index (χ0v) is 9.63. The van der Waals surface area contributed by atoms with Crippen molar-refractivity contribution in [3.63, 3.8) is 0 Å². The molecule has 2 N–H and O–H groups in total. The number of nitrogens with two attached hydrogens (primary N) is 1. The third-order valence-corrected chi connectivity index (χ3v) is 3.42. The van der Waals surface area contributed by atoms with E-state index in [2.05, 4.69) is 9.97 Å². The van der Waals surface area contributed by atoms with Gasteiger partial charge in [-0.1, -0.05) is 6.42 Å². The summed E-state index contributed by atoms with van der Waals surface area (Å²) in [6.07, 6.45) is 7.82. The smallest absolute Gasteiger partial charge is 0.159 e. The molecule has 1 aliphatic carbocycles. The molecule has 0 spiro atoms. The summed E-state index contributed by atoms with van der Waals surface area (Å²) < 4.78 is 0. The summed E-state index contributed by atoms with van der Waals surface area (Å²) in [5.74, 6) is 1.46. The summed E-state index contributed by atoms with van der Waals surface area (Å²) in [4.78, 5) is 8.86. The lowest BCUT2D eigenvalue weighted by Gasteiger charge is -2.24. The molecule has 0 saturated heterocycles. The van der Waals surface area contributed by atoms with Crippen molar-refractivity contribution in [2.24, 2.45) is 0 Å². The third-order valence-electron chi connectivity index (χ3n) is 3.42. The van der Waals surface area contributed by atoms with Crippen molar-refractivity contribution in [1.29, 1.82) is 0 Å². The predicted octanol–water partition coefficient (Wildman–Crippen LogP) is 2.99. The molecule has 1 aromatic heterocycles. The Bertz CT molecular complexity index is 498. The number of nitrogens with zero attached hydrogens (tertiary/aromatic N) is 2. The van der Waals surface area contributed by atoms with E-state index in [1.54, 1.807) is 0 Å². The summed E-state index contributed by atoms with van der Waals surface area (Å²) >= 11 is 0. The second kappa shape index (κ2) is 4.17. The number of benzene rings is 1. The summed E-state index contributed by atoms with van der Waals surface area (Å²) in [7, 11) is 0. The Morgan fingerprint density at radius 1 is 1.00 bits per heavy atom. The average molecular weight is 225 g/mol. The van der Waals surface area contributed by atoms with Crippen molar-refractivity contribution in [3.8, 4) is 11.4 Å². The van der Waals surface area contributed by atoms with Crippen LogP contribution in [0.4, 0.5) is 5.69 Å². The standard InChI is InChI=1S/C14H15N3/c15-13-6-4-11(5-7-13)14-16-8-12(9-17-14)10-2-1-3-10/h4-10H,1-3,15H2. The molecule has 0 amide bonds. The Morgan fingerprint density at radius 3 is 2.18 bits per heavy atom. The van der Waals surface area contributed by atoms with Gasteiger partial charge in [-0.25, -0.2) is 9.97 Å². The lowest BCUT2D eigenvalue weighted by atomic mass is 9.81. The van der Waals surface area contributed by atoms with Crippen LogP contribution in [0, 0.1) is 0 Å². The Kier molecular flexibility index (Phi) is 2.52. The topological polar surface area (TPSA) is 51.8 Å². The molecule has 0 radical (unpaired) electrons. The lowest BCUT2D eigenvalue weighted by molar-refractivity contribution is 0.418. The van der Waals surface area contributed by atoms with Crippen molar-refractivity contribution in [2.75, 3.05) is 5.73 Å². The quantitative estimate of drug-likeness (QED) is 0.799. The predicted molar refractivity (Wildman–Crippen MR) is 68.5 cm³/mol. The molecule has 0 atom stereocenters. The fourth-order valence-electron chi connectivity index (χ4n) is 2.07. The van der Waals surface area contributed by atoms with Crippen LogP contribution in [0.15, 0.2) is 36.7 Å². The van der Waals surface area contributed by atoms with Crippen LogP contribution in [0.1, 0.15) is 30.7 Å². The van der Waals surface area contributed by atoms with E-state index in [9.17, 15) is 0 Å². The molecule has 0 unspecified atom stereocenters. The van der Waals surface area contributed by atoms with Gasteiger partial charge in [-0.2, -0.15) is 0 Å². The van der Waals surface area contributed by atoms with Gasteiger partial charge < -0.3 is 5.73 Å². The van der Waals surface area contributed by atoms with Gasteiger partial charge in [-0.15, -0.1) is 0 Å². The molecule has 0 bridgehead atoms. The highest BCUT2D eigenvalue weighted by Gasteiger charge is 2.19. The number of rotatable bonds is 2. The first-order valence-electron chi connectivity index (χ1n) is 6.01. The first-order valence-corrected chi connectivity index (χ1v) is 6.01. The van der Waals surface area contributed by atoms with E-state index in [0.717, 1.165) is 17.1 Å². The Labute approximate surface area is 101 Å². The second-order valence-corrected chi connectivity index (χ2v) is 4.59. The lowest BCUT2D eigenvalue weighted by Crippen LogP contribution is -2.09. The van der Waals surface area contributed by atoms with Crippen LogP contribution >= 0.6 is 0 Å². The maximum absolute atomic E-state index is 5.65. The SMILES string of the molecule is Nc1ccc(-c2ncc(C3CCC3)cn2)cc1. The normalized spacial score (nSPS) is 15.5. The summed E-state index contributed by atoms with van der Waals surface area (Å²) in [6, 6.07) is 7.65. The van der Waals surface area contributed by atoms with Gasteiger partial charge in [0.25, 0.3) is 0 Å². The van der Waals surface area contributed by atoms with Crippen LogP contribution in [0.2, 0.25) is 0 Å². The van der Waals surface area contributed by atoms with Crippen molar-refractivity contribution >= 4 is 5.69 Å². The van der Waals surface area contributed by atoms with Crippen LogP contribution < -0.4 is 5.73 Å². The minimum absolute atomic E-state index is 0.690. The average Bonchev–Trinajstić information content (AvgIpc) is 2.29. The van der Waals surface area contributed by atoms with E-state index >= 15 is 0 Å². The number of aromatic nitrogens is 2. The number of hydrogen-bond donors (Lipinski definition) is 1. The van der Waals surface area contributed by atoms with Gasteiger partial charge in [0.15, 0.2) is 5.82 Å². The highest BCUT2D eigenvalue weighted by molar-refractivity contribution is 5.58. The molecule has 17 heavy (non-hydrogen) atoms. The molecule has 86 valence electrons. The van der Waals surface area contributed by atoms with E-state index in [1.807, 2.05) is 36.7 Å². The number of nitrogen functional groups attached to an aromatic ring is 1. The second-order valence-electron chi connectivity index (χ2n) is 4.59. The van der Waals surface area contributed by atoms with Gasteiger partial charge in [-0.3, -0.25) is 0 Å². The molecular weight excluding hydrogens is 210 g/mol. The van der Waals surface area contributed by atoms with Crippen LogP contribution in [-0.4, -0.2) is 9.97 Å². The van der Waals surface area contributed by atoms with Gasteiger partial charge >= 0.3 is 0 Å². The molecule has 2 aromatic rings. The van der Waals surface area contributed by atoms with Gasteiger partial charge in [0, 0.05) is 23.6 Å². The van der Waals surface area contributed by atoms with Gasteiger partial charge in [0.05, 0.1) is 0 Å². The minimum atomic E-state index is 0.690. The van der Waals surface area contributed by atoms with Crippen LogP contribution in [0.5, 0.6) is 0 Å². The molecule has 1 aromatic carbocycles. The largest absolute Gasteiger partial charge is 0.399 e. The Hall–Kier alpha value is -1.90. The highest BCUT2D eigenvalue weighted by atomic mass is 14.9. The van der Waals surface area contributed by atoms with Crippen molar-refractivity contribution in [2.45, 2.75) is 25.2 Å². The molecule has 0 aliphatic heterocycles. The molecule has 3 heteroatoms. The van der Waals surface area contributed by atoms with Gasteiger partial charge in [0.1, 0.15) is 0 Å². The van der Waals surface area contributed by atoms with E-state index in [0.29, 0.717) is 5.92 Å². The van der Waals surface area contributed by atoms with Gasteiger partial charge in [0.2, 0.25) is 0 Å². The maximum Gasteiger partial charge on any atom is 0.159 e. The Morgan fingerprint density at radius 2 is 1.65 bits per heavy atom.